The molecular formula is C23H16CoMoNO8. The largest absolute Gasteiger partial charge is 0.0312 e. The van der Waals surface area contributed by atoms with Crippen LogP contribution in [0.5, 0.6) is 0 Å². The second-order valence-corrected chi connectivity index (χ2v) is 4.52. The third-order valence-electron chi connectivity index (χ3n) is 3.06. The molecule has 0 N–H and O–H groups in total. The van der Waals surface area contributed by atoms with E-state index < -0.39 is 12.0 Å². The van der Waals surface area contributed by atoms with Gasteiger partial charge in [-0.15, -0.1) is 0 Å². The van der Waals surface area contributed by atoms with Gasteiger partial charge in [-0.25, -0.2) is 9.69 Å². The molecule has 1 aliphatic heterocycles. The number of cyclic esters (lactones) is 1. The molecule has 0 unspecified atom stereocenters. The van der Waals surface area contributed by atoms with Crippen LogP contribution in [-0.4, -0.2) is 23.5 Å². The quantitative estimate of drug-likeness (QED) is 0.215. The van der Waals surface area contributed by atoms with Gasteiger partial charge in [0.05, 0.1) is 0 Å². The molecule has 3 rings (SSSR count). The Bertz CT molecular complexity index is 748. The van der Waals surface area contributed by atoms with Crippen LogP contribution >= 0.6 is 0 Å². The fourth-order valence-corrected chi connectivity index (χ4v) is 2.05. The van der Waals surface area contributed by atoms with E-state index in [2.05, 4.69) is 45.1 Å². The Labute approximate surface area is 224 Å². The third kappa shape index (κ3) is 20.2. The fraction of sp³-hybridized carbons (Fsp3) is 0.130. The molecule has 0 spiro atoms. The van der Waals surface area contributed by atoms with E-state index in [1.165, 1.54) is 0 Å². The van der Waals surface area contributed by atoms with Crippen LogP contribution in [0.4, 0.5) is 4.79 Å². The van der Waals surface area contributed by atoms with E-state index in [4.69, 9.17) is 28.0 Å². The van der Waals surface area contributed by atoms with Crippen LogP contribution in [0.2, 0.25) is 0 Å². The van der Waals surface area contributed by atoms with Gasteiger partial charge >= 0.3 is 68.5 Å². The van der Waals surface area contributed by atoms with Crippen LogP contribution in [0.3, 0.4) is 0 Å². The summed E-state index contributed by atoms with van der Waals surface area (Å²) in [5, 5.41) is 0. The number of amides is 2. The maximum atomic E-state index is 11.7. The number of nitrogens with zero attached hydrogens (tertiary/aromatic N) is 1. The molecule has 1 saturated carbocycles. The summed E-state index contributed by atoms with van der Waals surface area (Å²) in [7, 11) is 0. The number of hydrogen-bond donors (Lipinski definition) is 0. The first-order valence-electron chi connectivity index (χ1n) is 7.90. The second-order valence-electron chi connectivity index (χ2n) is 4.52. The molecule has 1 aromatic rings. The minimum Gasteiger partial charge on any atom is -0.0312 e. The zero-order chi connectivity index (χ0) is 25.8. The molecule has 2 amide bonds. The number of rotatable bonds is 1. The van der Waals surface area contributed by atoms with E-state index in [0.717, 1.165) is 10.5 Å². The molecule has 2 fully saturated rings. The zero-order valence-electron chi connectivity index (χ0n) is 17.5. The normalized spacial score (nSPS) is 13.0. The van der Waals surface area contributed by atoms with Gasteiger partial charge < -0.3 is 4.74 Å². The van der Waals surface area contributed by atoms with E-state index in [-0.39, 0.29) is 50.5 Å². The molecule has 1 aliphatic carbocycles. The smallest absolute Gasteiger partial charge is 0 e. The SMILES string of the molecule is CC#CC(=O)N1C(=O)OC[C@H]1c1ccccc1.[C-]#[O+].[C-]#[O+].[C-]#[O+].[C-]#[O+].[C-]#[O+].[CH]1[CH][CH][CH][CH]1.[Co].[Mo]. The van der Waals surface area contributed by atoms with Crippen molar-refractivity contribution in [1.82, 2.24) is 4.90 Å². The van der Waals surface area contributed by atoms with Crippen LogP contribution < -0.4 is 0 Å². The molecule has 1 heterocycles. The Kier molecular flexibility index (Phi) is 50.3. The Morgan fingerprint density at radius 1 is 0.882 bits per heavy atom. The Balaban J connectivity index is -0.0000000971. The molecule has 2 aliphatic rings. The molecule has 34 heavy (non-hydrogen) atoms. The number of carbonyl (C=O) groups excluding carboxylic acids is 2. The predicted octanol–water partition coefficient (Wildman–Crippen LogP) is 2.56. The average Bonchev–Trinajstić information content (AvgIpc) is 3.60. The van der Waals surface area contributed by atoms with E-state index in [9.17, 15) is 9.59 Å². The molecule has 1 atom stereocenters. The second kappa shape index (κ2) is 37.9. The van der Waals surface area contributed by atoms with Crippen molar-refractivity contribution in [2.75, 3.05) is 6.61 Å². The van der Waals surface area contributed by atoms with E-state index in [1.54, 1.807) is 6.92 Å². The van der Waals surface area contributed by atoms with Gasteiger partial charge in [0.15, 0.2) is 0 Å². The third-order valence-corrected chi connectivity index (χ3v) is 3.06. The molecule has 176 valence electrons. The molecule has 1 saturated heterocycles. The van der Waals surface area contributed by atoms with Crippen molar-refractivity contribution in [2.24, 2.45) is 0 Å². The van der Waals surface area contributed by atoms with Gasteiger partial charge in [0.25, 0.3) is 0 Å². The predicted molar refractivity (Wildman–Crippen MR) is 102 cm³/mol. The van der Waals surface area contributed by atoms with Crippen LogP contribution in [0.1, 0.15) is 18.5 Å². The van der Waals surface area contributed by atoms with Gasteiger partial charge in [-0.05, 0) is 50.5 Å². The summed E-state index contributed by atoms with van der Waals surface area (Å²) in [5.74, 6) is 4.32. The number of benzene rings is 1. The van der Waals surface area contributed by atoms with Gasteiger partial charge in [0, 0.05) is 37.8 Å². The topological polar surface area (TPSA) is 146 Å². The summed E-state index contributed by atoms with van der Waals surface area (Å²) >= 11 is 0. The van der Waals surface area contributed by atoms with Crippen molar-refractivity contribution in [1.29, 1.82) is 0 Å². The van der Waals surface area contributed by atoms with Gasteiger partial charge in [-0.1, -0.05) is 36.3 Å². The monoisotopic (exact) mass is 591 g/mol. The van der Waals surface area contributed by atoms with Crippen LogP contribution in [-0.2, 0) is 70.6 Å². The first kappa shape index (κ1) is 45.2. The summed E-state index contributed by atoms with van der Waals surface area (Å²) in [5.41, 5.74) is 0.865. The summed E-state index contributed by atoms with van der Waals surface area (Å²) in [6, 6.07) is 8.91. The average molecular weight is 589 g/mol. The molecule has 9 nitrogen and oxygen atoms in total. The summed E-state index contributed by atoms with van der Waals surface area (Å²) in [4.78, 5) is 24.2. The van der Waals surface area contributed by atoms with Crippen LogP contribution in [0.15, 0.2) is 30.3 Å². The van der Waals surface area contributed by atoms with Gasteiger partial charge in [0.1, 0.15) is 12.6 Å². The maximum Gasteiger partial charge on any atom is 0 e. The first-order valence-corrected chi connectivity index (χ1v) is 7.90. The minimum atomic E-state index is -0.633. The van der Waals surface area contributed by atoms with Crippen molar-refractivity contribution in [3.8, 4) is 11.8 Å². The molecule has 1 aromatic carbocycles. The zero-order valence-corrected chi connectivity index (χ0v) is 20.6. The fourth-order valence-electron chi connectivity index (χ4n) is 2.05. The number of carbonyl (C=O) groups is 2. The van der Waals surface area contributed by atoms with Crippen molar-refractivity contribution >= 4 is 12.0 Å². The van der Waals surface area contributed by atoms with Crippen LogP contribution in [0, 0.1) is 77.2 Å². The van der Waals surface area contributed by atoms with Crippen molar-refractivity contribution in [3.05, 3.63) is 101 Å². The van der Waals surface area contributed by atoms with Crippen molar-refractivity contribution in [3.63, 3.8) is 0 Å². The Morgan fingerprint density at radius 3 is 1.62 bits per heavy atom. The molecule has 6 radical (unpaired) electrons. The number of ether oxygens (including phenoxy) is 1. The summed E-state index contributed by atoms with van der Waals surface area (Å²) in [6.07, 6.45) is 9.37. The van der Waals surface area contributed by atoms with Crippen molar-refractivity contribution in [2.45, 2.75) is 13.0 Å². The van der Waals surface area contributed by atoms with Crippen LogP contribution in [0.25, 0.3) is 0 Å². The molecular weight excluding hydrogens is 573 g/mol. The Hall–Kier alpha value is -2.39. The van der Waals surface area contributed by atoms with E-state index in [1.807, 2.05) is 62.4 Å². The summed E-state index contributed by atoms with van der Waals surface area (Å²) in [6.45, 7) is 24.2. The van der Waals surface area contributed by atoms with Gasteiger partial charge in [-0.3, -0.25) is 4.79 Å². The van der Waals surface area contributed by atoms with Crippen molar-refractivity contribution < 1.29 is 75.4 Å². The standard InChI is InChI=1S/C13H11NO3.C5H5.5CO.Co.Mo/c1-2-6-12(15)14-11(9-17-13(14)16)10-7-4-3-5-8-10;1-2-4-5-3-1;5*1-2;;/h3-5,7-8,11H,9H2,1H3;1-5H;;;;;;;/t11-;;;;;;;;/m0......../s1. The minimum absolute atomic E-state index is 0. The molecule has 11 heteroatoms. The molecule has 0 bridgehead atoms. The Morgan fingerprint density at radius 2 is 1.26 bits per heavy atom. The number of imide groups is 1. The maximum absolute atomic E-state index is 11.7. The molecule has 0 aromatic heterocycles. The van der Waals surface area contributed by atoms with Gasteiger partial charge in [-0.2, -0.15) is 0 Å². The summed E-state index contributed by atoms with van der Waals surface area (Å²) < 4.78 is 42.4. The number of hydrogen-bond acceptors (Lipinski definition) is 3. The van der Waals surface area contributed by atoms with E-state index in [0.29, 0.717) is 0 Å². The van der Waals surface area contributed by atoms with E-state index >= 15 is 0 Å². The first-order chi connectivity index (χ1) is 15.7. The van der Waals surface area contributed by atoms with Gasteiger partial charge in [0.2, 0.25) is 0 Å².